The molecule has 12 nitrogen and oxygen atoms in total. The summed E-state index contributed by atoms with van der Waals surface area (Å²) in [5, 5.41) is 2.52. The van der Waals surface area contributed by atoms with Crippen LogP contribution in [0.3, 0.4) is 0 Å². The quantitative estimate of drug-likeness (QED) is 0.379. The van der Waals surface area contributed by atoms with Crippen LogP contribution in [0.25, 0.3) is 0 Å². The highest BCUT2D eigenvalue weighted by Crippen LogP contribution is 2.28. The fourth-order valence-electron chi connectivity index (χ4n) is 2.83. The standard InChI is InChI=1S/C18H27NO11/c1-8(17(24)25-6)27-18-14(19-9(2)20)16(29-12(5)23)15(28-11(4)22)13(30-18)7-26-10(3)21/h8,13-16,18H,7H2,1-6H3,(H,19,20)/t8-,13+,14+,15+,16+,18+/m0/s1. The van der Waals surface area contributed by atoms with Crippen LogP contribution < -0.4 is 5.32 Å². The lowest BCUT2D eigenvalue weighted by Crippen LogP contribution is -2.67. The molecule has 1 N–H and O–H groups in total. The molecule has 1 saturated heterocycles. The zero-order valence-electron chi connectivity index (χ0n) is 17.7. The summed E-state index contributed by atoms with van der Waals surface area (Å²) in [6.45, 7) is 5.64. The van der Waals surface area contributed by atoms with Crippen molar-refractivity contribution in [2.45, 2.75) is 71.4 Å². The van der Waals surface area contributed by atoms with E-state index in [0.29, 0.717) is 0 Å². The lowest BCUT2D eigenvalue weighted by atomic mass is 9.96. The number of hydrogen-bond donors (Lipinski definition) is 1. The third kappa shape index (κ3) is 7.59. The number of ether oxygens (including phenoxy) is 6. The lowest BCUT2D eigenvalue weighted by Gasteiger charge is -2.45. The van der Waals surface area contributed by atoms with Gasteiger partial charge in [0, 0.05) is 27.7 Å². The first-order valence-electron chi connectivity index (χ1n) is 9.09. The molecule has 0 aromatic heterocycles. The summed E-state index contributed by atoms with van der Waals surface area (Å²) < 4.78 is 31.4. The minimum atomic E-state index is -1.33. The Balaban J connectivity index is 3.33. The van der Waals surface area contributed by atoms with E-state index < -0.39 is 66.5 Å². The van der Waals surface area contributed by atoms with Gasteiger partial charge in [-0.3, -0.25) is 19.2 Å². The molecule has 1 heterocycles. The third-order valence-electron chi connectivity index (χ3n) is 3.94. The van der Waals surface area contributed by atoms with Crippen LogP contribution in [0.1, 0.15) is 34.6 Å². The van der Waals surface area contributed by atoms with E-state index in [2.05, 4.69) is 10.1 Å². The Bertz CT molecular complexity index is 665. The Morgan fingerprint density at radius 3 is 1.97 bits per heavy atom. The fourth-order valence-corrected chi connectivity index (χ4v) is 2.83. The van der Waals surface area contributed by atoms with Crippen LogP contribution in [-0.2, 0) is 52.4 Å². The summed E-state index contributed by atoms with van der Waals surface area (Å²) >= 11 is 0. The maximum absolute atomic E-state index is 11.8. The molecule has 0 aliphatic carbocycles. The molecule has 0 radical (unpaired) electrons. The zero-order valence-corrected chi connectivity index (χ0v) is 17.7. The van der Waals surface area contributed by atoms with Crippen LogP contribution >= 0.6 is 0 Å². The summed E-state index contributed by atoms with van der Waals surface area (Å²) in [6, 6.07) is -1.16. The third-order valence-corrected chi connectivity index (χ3v) is 3.94. The average Bonchev–Trinajstić information content (AvgIpc) is 2.62. The zero-order chi connectivity index (χ0) is 23.0. The lowest BCUT2D eigenvalue weighted by molar-refractivity contribution is -0.285. The van der Waals surface area contributed by atoms with Crippen molar-refractivity contribution in [2.24, 2.45) is 0 Å². The van der Waals surface area contributed by atoms with Gasteiger partial charge in [-0.2, -0.15) is 0 Å². The second-order valence-electron chi connectivity index (χ2n) is 6.52. The highest BCUT2D eigenvalue weighted by Gasteiger charge is 2.52. The smallest absolute Gasteiger partial charge is 0.334 e. The van der Waals surface area contributed by atoms with Crippen molar-refractivity contribution in [1.29, 1.82) is 0 Å². The van der Waals surface area contributed by atoms with Crippen LogP contribution in [0.4, 0.5) is 0 Å². The Morgan fingerprint density at radius 2 is 1.50 bits per heavy atom. The Hall–Kier alpha value is -2.73. The molecular weight excluding hydrogens is 406 g/mol. The molecule has 170 valence electrons. The maximum atomic E-state index is 11.8. The molecule has 1 aliphatic heterocycles. The van der Waals surface area contributed by atoms with Gasteiger partial charge in [0.1, 0.15) is 18.8 Å². The highest BCUT2D eigenvalue weighted by molar-refractivity contribution is 5.74. The summed E-state index contributed by atoms with van der Waals surface area (Å²) in [7, 11) is 1.16. The average molecular weight is 433 g/mol. The van der Waals surface area contributed by atoms with Crippen LogP contribution in [0.15, 0.2) is 0 Å². The van der Waals surface area contributed by atoms with E-state index in [4.69, 9.17) is 23.7 Å². The van der Waals surface area contributed by atoms with Gasteiger partial charge in [0.25, 0.3) is 0 Å². The Labute approximate surface area is 173 Å². The number of rotatable bonds is 8. The van der Waals surface area contributed by atoms with Gasteiger partial charge >= 0.3 is 23.9 Å². The SMILES string of the molecule is COC(=O)[C@H](C)O[C@@H]1O[C@H](COC(C)=O)[C@@H](OC(C)=O)[C@H](OC(C)=O)[C@H]1NC(C)=O. The molecule has 30 heavy (non-hydrogen) atoms. The fraction of sp³-hybridized carbons (Fsp3) is 0.722. The van der Waals surface area contributed by atoms with E-state index >= 15 is 0 Å². The first-order valence-corrected chi connectivity index (χ1v) is 9.09. The van der Waals surface area contributed by atoms with Crippen molar-refractivity contribution in [3.05, 3.63) is 0 Å². The molecule has 0 spiro atoms. The normalized spacial score (nSPS) is 26.7. The Kier molecular flexibility index (Phi) is 9.66. The summed E-state index contributed by atoms with van der Waals surface area (Å²) in [5.74, 6) is -3.34. The summed E-state index contributed by atoms with van der Waals surface area (Å²) in [6.07, 6.45) is -6.08. The summed E-state index contributed by atoms with van der Waals surface area (Å²) in [5.41, 5.74) is 0. The number of esters is 4. The molecule has 0 aromatic carbocycles. The van der Waals surface area contributed by atoms with Crippen molar-refractivity contribution in [2.75, 3.05) is 13.7 Å². The molecule has 1 rings (SSSR count). The highest BCUT2D eigenvalue weighted by atomic mass is 16.7. The topological polar surface area (TPSA) is 153 Å². The van der Waals surface area contributed by atoms with Gasteiger partial charge in [0.05, 0.1) is 7.11 Å². The molecule has 1 amide bonds. The molecule has 0 unspecified atom stereocenters. The molecule has 0 bridgehead atoms. The molecule has 1 fully saturated rings. The van der Waals surface area contributed by atoms with Crippen LogP contribution in [0, 0.1) is 0 Å². The van der Waals surface area contributed by atoms with Crippen LogP contribution in [0.5, 0.6) is 0 Å². The van der Waals surface area contributed by atoms with E-state index in [1.54, 1.807) is 0 Å². The van der Waals surface area contributed by atoms with Crippen molar-refractivity contribution in [3.8, 4) is 0 Å². The van der Waals surface area contributed by atoms with E-state index in [0.717, 1.165) is 21.0 Å². The molecule has 0 aromatic rings. The molecule has 6 atom stereocenters. The number of hydrogen-bond acceptors (Lipinski definition) is 11. The molecule has 1 aliphatic rings. The largest absolute Gasteiger partial charge is 0.467 e. The Morgan fingerprint density at radius 1 is 0.933 bits per heavy atom. The van der Waals surface area contributed by atoms with Crippen molar-refractivity contribution >= 4 is 29.8 Å². The van der Waals surface area contributed by atoms with Gasteiger partial charge in [-0.05, 0) is 6.92 Å². The monoisotopic (exact) mass is 433 g/mol. The van der Waals surface area contributed by atoms with Crippen molar-refractivity contribution < 1.29 is 52.4 Å². The maximum Gasteiger partial charge on any atom is 0.334 e. The van der Waals surface area contributed by atoms with Gasteiger partial charge in [-0.15, -0.1) is 0 Å². The van der Waals surface area contributed by atoms with Crippen LogP contribution in [0.2, 0.25) is 0 Å². The second kappa shape index (κ2) is 11.5. The molecule has 0 saturated carbocycles. The predicted molar refractivity (Wildman–Crippen MR) is 96.6 cm³/mol. The van der Waals surface area contributed by atoms with Gasteiger partial charge in [0.2, 0.25) is 5.91 Å². The van der Waals surface area contributed by atoms with Crippen LogP contribution in [-0.4, -0.2) is 80.2 Å². The number of nitrogens with one attached hydrogen (secondary N) is 1. The van der Waals surface area contributed by atoms with Gasteiger partial charge < -0.3 is 33.7 Å². The van der Waals surface area contributed by atoms with E-state index in [1.807, 2.05) is 0 Å². The van der Waals surface area contributed by atoms with Gasteiger partial charge in [0.15, 0.2) is 24.6 Å². The number of amides is 1. The molecular formula is C18H27NO11. The van der Waals surface area contributed by atoms with Crippen molar-refractivity contribution in [1.82, 2.24) is 5.32 Å². The van der Waals surface area contributed by atoms with E-state index in [1.165, 1.54) is 20.8 Å². The van der Waals surface area contributed by atoms with E-state index in [-0.39, 0.29) is 6.61 Å². The number of methoxy groups -OCH3 is 1. The second-order valence-corrected chi connectivity index (χ2v) is 6.52. The first-order chi connectivity index (χ1) is 14.0. The molecule has 12 heteroatoms. The van der Waals surface area contributed by atoms with Gasteiger partial charge in [-0.1, -0.05) is 0 Å². The van der Waals surface area contributed by atoms with Crippen molar-refractivity contribution in [3.63, 3.8) is 0 Å². The first kappa shape index (κ1) is 25.3. The number of carbonyl (C=O) groups is 5. The number of carbonyl (C=O) groups excluding carboxylic acids is 5. The van der Waals surface area contributed by atoms with E-state index in [9.17, 15) is 24.0 Å². The summed E-state index contributed by atoms with van der Waals surface area (Å²) in [4.78, 5) is 58.1. The van der Waals surface area contributed by atoms with Gasteiger partial charge in [-0.25, -0.2) is 4.79 Å². The predicted octanol–water partition coefficient (Wildman–Crippen LogP) is -0.779. The minimum absolute atomic E-state index is 0.371. The minimum Gasteiger partial charge on any atom is -0.467 e.